The van der Waals surface area contributed by atoms with Crippen LogP contribution in [-0.2, 0) is 10.1 Å². The van der Waals surface area contributed by atoms with E-state index in [0.29, 0.717) is 0 Å². The summed E-state index contributed by atoms with van der Waals surface area (Å²) < 4.78 is 38.8. The number of hydrogen-bond donors (Lipinski definition) is 1. The summed E-state index contributed by atoms with van der Waals surface area (Å²) in [5.41, 5.74) is -2.36. The highest BCUT2D eigenvalue weighted by atomic mass is 35.5. The van der Waals surface area contributed by atoms with Crippen molar-refractivity contribution in [1.29, 1.82) is 0 Å². The van der Waals surface area contributed by atoms with Crippen LogP contribution in [0.5, 0.6) is 0 Å². The third-order valence-corrected chi connectivity index (χ3v) is 1.71. The van der Waals surface area contributed by atoms with Crippen molar-refractivity contribution in [3.05, 3.63) is 0 Å². The Labute approximate surface area is 51.2 Å². The van der Waals surface area contributed by atoms with Gasteiger partial charge in [0, 0.05) is 0 Å². The second-order valence-electron chi connectivity index (χ2n) is 1.08. The maximum atomic E-state index is 11.7. The topological polar surface area (TPSA) is 54.4 Å². The highest BCUT2D eigenvalue weighted by Gasteiger charge is 2.19. The minimum absolute atomic E-state index is 0.737. The van der Waals surface area contributed by atoms with Crippen molar-refractivity contribution < 1.29 is 17.4 Å². The van der Waals surface area contributed by atoms with Crippen molar-refractivity contribution in [3.8, 4) is 0 Å². The molecule has 1 N–H and O–H groups in total. The molecule has 0 spiro atoms. The van der Waals surface area contributed by atoms with Gasteiger partial charge in [0.2, 0.25) is 5.50 Å². The van der Waals surface area contributed by atoms with Gasteiger partial charge in [-0.3, -0.25) is 4.55 Å². The maximum Gasteiger partial charge on any atom is 0.298 e. The van der Waals surface area contributed by atoms with Gasteiger partial charge in [-0.05, 0) is 0 Å². The molecule has 0 rings (SSSR count). The van der Waals surface area contributed by atoms with Crippen LogP contribution in [0.4, 0.5) is 4.39 Å². The highest BCUT2D eigenvalue weighted by molar-refractivity contribution is 7.86. The lowest BCUT2D eigenvalue weighted by atomic mass is 10.9. The largest absolute Gasteiger partial charge is 0.298 e. The maximum absolute atomic E-state index is 11.7. The Morgan fingerprint density at radius 1 is 1.75 bits per heavy atom. The van der Waals surface area contributed by atoms with E-state index in [1.54, 1.807) is 0 Å². The highest BCUT2D eigenvalue weighted by Crippen LogP contribution is 2.00. The molecule has 0 aliphatic heterocycles. The normalized spacial score (nSPS) is 15.9. The van der Waals surface area contributed by atoms with Gasteiger partial charge >= 0.3 is 0 Å². The molecule has 0 saturated heterocycles. The molecule has 1 atom stereocenters. The lowest BCUT2D eigenvalue weighted by molar-refractivity contribution is 0.392. The lowest BCUT2D eigenvalue weighted by Crippen LogP contribution is -2.15. The number of alkyl halides is 2. The van der Waals surface area contributed by atoms with E-state index in [2.05, 4.69) is 0 Å². The van der Waals surface area contributed by atoms with Gasteiger partial charge in [-0.25, -0.2) is 4.39 Å². The molecular formula is C2H4ClFO3S. The summed E-state index contributed by atoms with van der Waals surface area (Å²) in [6.45, 7) is 0. The molecule has 3 nitrogen and oxygen atoms in total. The molecule has 0 heterocycles. The fourth-order valence-electron chi connectivity index (χ4n) is 0.0796. The van der Waals surface area contributed by atoms with Crippen molar-refractivity contribution in [2.45, 2.75) is 5.50 Å². The van der Waals surface area contributed by atoms with Gasteiger partial charge in [0.05, 0.1) is 5.88 Å². The molecule has 0 bridgehead atoms. The Bertz CT molecular complexity index is 153. The van der Waals surface area contributed by atoms with Crippen molar-refractivity contribution in [2.24, 2.45) is 0 Å². The zero-order valence-corrected chi connectivity index (χ0v) is 5.28. The van der Waals surface area contributed by atoms with Crippen LogP contribution < -0.4 is 0 Å². The zero-order valence-electron chi connectivity index (χ0n) is 3.71. The Morgan fingerprint density at radius 2 is 2.12 bits per heavy atom. The number of halogens is 2. The minimum atomic E-state index is -4.55. The first-order valence-corrected chi connectivity index (χ1v) is 3.68. The van der Waals surface area contributed by atoms with Crippen LogP contribution in [0.3, 0.4) is 0 Å². The minimum Gasteiger partial charge on any atom is -0.283 e. The van der Waals surface area contributed by atoms with E-state index in [-0.39, 0.29) is 0 Å². The molecule has 0 aromatic carbocycles. The molecule has 8 heavy (non-hydrogen) atoms. The fraction of sp³-hybridized carbons (Fsp3) is 1.00. The Balaban J connectivity index is 4.04. The molecule has 0 aliphatic carbocycles. The lowest BCUT2D eigenvalue weighted by Gasteiger charge is -1.95. The number of rotatable bonds is 2. The summed E-state index contributed by atoms with van der Waals surface area (Å²) in [7, 11) is -4.55. The van der Waals surface area contributed by atoms with Gasteiger partial charge < -0.3 is 0 Å². The first-order chi connectivity index (χ1) is 3.48. The summed E-state index contributed by atoms with van der Waals surface area (Å²) in [4.78, 5) is 0. The predicted molar refractivity (Wildman–Crippen MR) is 27.2 cm³/mol. The van der Waals surface area contributed by atoms with Crippen molar-refractivity contribution in [2.75, 3.05) is 5.88 Å². The van der Waals surface area contributed by atoms with E-state index in [1.165, 1.54) is 0 Å². The van der Waals surface area contributed by atoms with Crippen LogP contribution in [-0.4, -0.2) is 24.4 Å². The van der Waals surface area contributed by atoms with Crippen LogP contribution in [0.2, 0.25) is 0 Å². The zero-order chi connectivity index (χ0) is 6.78. The van der Waals surface area contributed by atoms with Crippen LogP contribution in [0.1, 0.15) is 0 Å². The summed E-state index contributed by atoms with van der Waals surface area (Å²) >= 11 is 4.72. The molecule has 1 unspecified atom stereocenters. The molecule has 0 aromatic heterocycles. The van der Waals surface area contributed by atoms with Gasteiger partial charge in [-0.15, -0.1) is 11.6 Å². The molecular weight excluding hydrogens is 159 g/mol. The molecule has 0 fully saturated rings. The van der Waals surface area contributed by atoms with Gasteiger partial charge in [0.25, 0.3) is 10.1 Å². The molecule has 50 valence electrons. The van der Waals surface area contributed by atoms with E-state index < -0.39 is 21.5 Å². The Kier molecular flexibility index (Phi) is 2.65. The summed E-state index contributed by atoms with van der Waals surface area (Å²) in [5, 5.41) is 0. The Hall–Kier alpha value is 0.130. The standard InChI is InChI=1S/C2H4ClFO3S/c3-1-2(4)8(5,6)7/h2H,1H2,(H,5,6,7). The second-order valence-corrected chi connectivity index (χ2v) is 2.93. The predicted octanol–water partition coefficient (Wildman–Crippen LogP) is 0.409. The second kappa shape index (κ2) is 2.61. The molecule has 0 radical (unpaired) electrons. The van der Waals surface area contributed by atoms with E-state index in [9.17, 15) is 12.8 Å². The van der Waals surface area contributed by atoms with Gasteiger partial charge in [0.1, 0.15) is 0 Å². The third-order valence-electron chi connectivity index (χ3n) is 0.445. The van der Waals surface area contributed by atoms with Crippen LogP contribution in [0, 0.1) is 0 Å². The summed E-state index contributed by atoms with van der Waals surface area (Å²) in [5.74, 6) is -0.737. The van der Waals surface area contributed by atoms with Crippen molar-refractivity contribution >= 4 is 21.7 Å². The fourth-order valence-corrected chi connectivity index (χ4v) is 0.716. The van der Waals surface area contributed by atoms with Crippen LogP contribution >= 0.6 is 11.6 Å². The molecule has 6 heteroatoms. The quantitative estimate of drug-likeness (QED) is 0.473. The number of hydrogen-bond acceptors (Lipinski definition) is 2. The van der Waals surface area contributed by atoms with E-state index in [1.807, 2.05) is 0 Å². The van der Waals surface area contributed by atoms with E-state index in [0.717, 1.165) is 0 Å². The van der Waals surface area contributed by atoms with Gasteiger partial charge in [0.15, 0.2) is 0 Å². The van der Waals surface area contributed by atoms with Crippen LogP contribution in [0.15, 0.2) is 0 Å². The first-order valence-electron chi connectivity index (χ1n) is 1.65. The molecule has 0 aliphatic rings. The first kappa shape index (κ1) is 8.13. The Morgan fingerprint density at radius 3 is 2.12 bits per heavy atom. The molecule has 0 saturated carbocycles. The average Bonchev–Trinajstić information content (AvgIpc) is 1.62. The summed E-state index contributed by atoms with van der Waals surface area (Å²) in [6, 6.07) is 0. The third kappa shape index (κ3) is 2.44. The van der Waals surface area contributed by atoms with Crippen molar-refractivity contribution in [3.63, 3.8) is 0 Å². The SMILES string of the molecule is O=S(=O)(O)C(F)CCl. The summed E-state index contributed by atoms with van der Waals surface area (Å²) in [6.07, 6.45) is 0. The van der Waals surface area contributed by atoms with E-state index >= 15 is 0 Å². The average molecular weight is 163 g/mol. The molecule has 0 amide bonds. The van der Waals surface area contributed by atoms with Crippen LogP contribution in [0.25, 0.3) is 0 Å². The monoisotopic (exact) mass is 162 g/mol. The van der Waals surface area contributed by atoms with Gasteiger partial charge in [-0.1, -0.05) is 0 Å². The van der Waals surface area contributed by atoms with Crippen molar-refractivity contribution in [1.82, 2.24) is 0 Å². The molecule has 0 aromatic rings. The smallest absolute Gasteiger partial charge is 0.283 e. The van der Waals surface area contributed by atoms with Gasteiger partial charge in [-0.2, -0.15) is 8.42 Å². The van der Waals surface area contributed by atoms with E-state index in [4.69, 9.17) is 16.2 Å².